The van der Waals surface area contributed by atoms with Gasteiger partial charge in [0.1, 0.15) is 0 Å². The third-order valence-electron chi connectivity index (χ3n) is 6.99. The van der Waals surface area contributed by atoms with Gasteiger partial charge in [-0.3, -0.25) is 4.79 Å². The Morgan fingerprint density at radius 3 is 2.50 bits per heavy atom. The highest BCUT2D eigenvalue weighted by Crippen LogP contribution is 2.47. The average molecular weight is 355 g/mol. The summed E-state index contributed by atoms with van der Waals surface area (Å²) in [5.74, 6) is 2.51. The van der Waals surface area contributed by atoms with Crippen LogP contribution in [-0.4, -0.2) is 48.4 Å². The highest BCUT2D eigenvalue weighted by molar-refractivity contribution is 5.78. The minimum atomic E-state index is 0.127. The molecule has 1 saturated carbocycles. The number of hydrogen-bond acceptors (Lipinski definition) is 2. The number of amides is 1. The van der Waals surface area contributed by atoms with Crippen molar-refractivity contribution >= 4 is 5.91 Å². The van der Waals surface area contributed by atoms with Crippen LogP contribution < -0.4 is 0 Å². The van der Waals surface area contributed by atoms with Crippen LogP contribution in [-0.2, 0) is 11.2 Å². The lowest BCUT2D eigenvalue weighted by Crippen LogP contribution is -2.33. The van der Waals surface area contributed by atoms with Crippen molar-refractivity contribution in [2.75, 3.05) is 32.7 Å². The standard InChI is InChI=1S/C23H34N2O/c1-17(2)23(26)25-15-20-9-10-21(22(20)16-25)19-7-5-18(6-8-19)11-14-24-12-3-4-13-24/h5-8,17,20-22H,3-4,9-16H2,1-2H3/t20-,21+,22+/m1/s1. The van der Waals surface area contributed by atoms with Gasteiger partial charge in [0.2, 0.25) is 5.91 Å². The summed E-state index contributed by atoms with van der Waals surface area (Å²) in [7, 11) is 0. The molecule has 0 spiro atoms. The Balaban J connectivity index is 1.36. The smallest absolute Gasteiger partial charge is 0.225 e. The zero-order valence-electron chi connectivity index (χ0n) is 16.5. The number of benzene rings is 1. The first kappa shape index (κ1) is 18.0. The Bertz CT molecular complexity index is 618. The number of likely N-dealkylation sites (tertiary alicyclic amines) is 2. The molecule has 3 nitrogen and oxygen atoms in total. The number of fused-ring (bicyclic) bond motifs is 1. The van der Waals surface area contributed by atoms with E-state index in [1.165, 1.54) is 62.9 Å². The van der Waals surface area contributed by atoms with E-state index in [-0.39, 0.29) is 5.92 Å². The van der Waals surface area contributed by atoms with Gasteiger partial charge in [-0.15, -0.1) is 0 Å². The highest BCUT2D eigenvalue weighted by Gasteiger charge is 2.44. The second kappa shape index (κ2) is 7.72. The summed E-state index contributed by atoms with van der Waals surface area (Å²) in [5, 5.41) is 0. The van der Waals surface area contributed by atoms with Crippen LogP contribution in [0.4, 0.5) is 0 Å². The van der Waals surface area contributed by atoms with Crippen LogP contribution in [0.3, 0.4) is 0 Å². The lowest BCUT2D eigenvalue weighted by atomic mass is 9.86. The van der Waals surface area contributed by atoms with E-state index in [4.69, 9.17) is 0 Å². The maximum Gasteiger partial charge on any atom is 0.225 e. The van der Waals surface area contributed by atoms with Crippen molar-refractivity contribution in [1.29, 1.82) is 0 Å². The summed E-state index contributed by atoms with van der Waals surface area (Å²) < 4.78 is 0. The Hall–Kier alpha value is -1.35. The van der Waals surface area contributed by atoms with Crippen LogP contribution in [0.1, 0.15) is 56.6 Å². The van der Waals surface area contributed by atoms with Crippen molar-refractivity contribution in [3.63, 3.8) is 0 Å². The van der Waals surface area contributed by atoms with Crippen LogP contribution in [0.25, 0.3) is 0 Å². The van der Waals surface area contributed by atoms with E-state index < -0.39 is 0 Å². The first-order chi connectivity index (χ1) is 12.6. The molecule has 3 fully saturated rings. The predicted molar refractivity (Wildman–Crippen MR) is 106 cm³/mol. The lowest BCUT2D eigenvalue weighted by molar-refractivity contribution is -0.133. The maximum absolute atomic E-state index is 12.4. The summed E-state index contributed by atoms with van der Waals surface area (Å²) in [6.07, 6.45) is 6.51. The molecule has 1 aromatic rings. The van der Waals surface area contributed by atoms with Gasteiger partial charge in [0, 0.05) is 25.6 Å². The summed E-state index contributed by atoms with van der Waals surface area (Å²) >= 11 is 0. The molecule has 3 atom stereocenters. The van der Waals surface area contributed by atoms with Crippen molar-refractivity contribution in [1.82, 2.24) is 9.80 Å². The van der Waals surface area contributed by atoms with Crippen LogP contribution >= 0.6 is 0 Å². The van der Waals surface area contributed by atoms with E-state index in [0.29, 0.717) is 17.7 Å². The molecular weight excluding hydrogens is 320 g/mol. The Kier molecular flexibility index (Phi) is 5.35. The van der Waals surface area contributed by atoms with Gasteiger partial charge in [0.25, 0.3) is 0 Å². The maximum atomic E-state index is 12.4. The van der Waals surface area contributed by atoms with Crippen LogP contribution in [0.5, 0.6) is 0 Å². The van der Waals surface area contributed by atoms with Crippen LogP contribution in [0.15, 0.2) is 24.3 Å². The number of carbonyl (C=O) groups excluding carboxylic acids is 1. The number of carbonyl (C=O) groups is 1. The van der Waals surface area contributed by atoms with Gasteiger partial charge in [0.05, 0.1) is 0 Å². The van der Waals surface area contributed by atoms with E-state index in [0.717, 1.165) is 19.0 Å². The fraction of sp³-hybridized carbons (Fsp3) is 0.696. The molecule has 2 aliphatic heterocycles. The molecule has 3 heteroatoms. The monoisotopic (exact) mass is 354 g/mol. The normalized spacial score (nSPS) is 28.9. The summed E-state index contributed by atoms with van der Waals surface area (Å²) in [6, 6.07) is 9.45. The second-order valence-electron chi connectivity index (χ2n) is 9.05. The third-order valence-corrected chi connectivity index (χ3v) is 6.99. The zero-order chi connectivity index (χ0) is 18.1. The molecule has 142 valence electrons. The Labute approximate surface area is 158 Å². The summed E-state index contributed by atoms with van der Waals surface area (Å²) in [4.78, 5) is 17.1. The van der Waals surface area contributed by atoms with Crippen molar-refractivity contribution in [3.8, 4) is 0 Å². The number of nitrogens with zero attached hydrogens (tertiary/aromatic N) is 2. The Morgan fingerprint density at radius 1 is 1.08 bits per heavy atom. The van der Waals surface area contributed by atoms with Crippen molar-refractivity contribution < 1.29 is 4.79 Å². The molecule has 0 N–H and O–H groups in total. The molecule has 1 aliphatic carbocycles. The van der Waals surface area contributed by atoms with Crippen LogP contribution in [0, 0.1) is 17.8 Å². The lowest BCUT2D eigenvalue weighted by Gasteiger charge is -2.22. The number of rotatable bonds is 5. The number of hydrogen-bond donors (Lipinski definition) is 0. The van der Waals surface area contributed by atoms with Crippen molar-refractivity contribution in [2.24, 2.45) is 17.8 Å². The molecule has 3 aliphatic rings. The molecule has 1 aromatic carbocycles. The van der Waals surface area contributed by atoms with E-state index in [1.54, 1.807) is 0 Å². The first-order valence-electron chi connectivity index (χ1n) is 10.7. The fourth-order valence-electron chi connectivity index (χ4n) is 5.45. The van der Waals surface area contributed by atoms with Crippen molar-refractivity contribution in [3.05, 3.63) is 35.4 Å². The highest BCUT2D eigenvalue weighted by atomic mass is 16.2. The molecule has 0 radical (unpaired) electrons. The van der Waals surface area contributed by atoms with Gasteiger partial charge in [0.15, 0.2) is 0 Å². The molecule has 0 unspecified atom stereocenters. The molecule has 26 heavy (non-hydrogen) atoms. The SMILES string of the molecule is CC(C)C(=O)N1C[C@H]2CC[C@@H](c3ccc(CCN4CCCC4)cc3)[C@H]2C1. The van der Waals surface area contributed by atoms with E-state index in [2.05, 4.69) is 34.1 Å². The predicted octanol–water partition coefficient (Wildman–Crippen LogP) is 3.93. The molecule has 0 bridgehead atoms. The van der Waals surface area contributed by atoms with E-state index in [1.807, 2.05) is 13.8 Å². The largest absolute Gasteiger partial charge is 0.342 e. The van der Waals surface area contributed by atoms with Gasteiger partial charge in [-0.05, 0) is 74.1 Å². The van der Waals surface area contributed by atoms with Gasteiger partial charge >= 0.3 is 0 Å². The van der Waals surface area contributed by atoms with Gasteiger partial charge in [-0.2, -0.15) is 0 Å². The molecule has 4 rings (SSSR count). The molecule has 1 amide bonds. The summed E-state index contributed by atoms with van der Waals surface area (Å²) in [5.41, 5.74) is 2.97. The second-order valence-corrected chi connectivity index (χ2v) is 9.05. The van der Waals surface area contributed by atoms with Crippen molar-refractivity contribution in [2.45, 2.75) is 51.9 Å². The van der Waals surface area contributed by atoms with Gasteiger partial charge in [-0.1, -0.05) is 38.1 Å². The van der Waals surface area contributed by atoms with Gasteiger partial charge < -0.3 is 9.80 Å². The van der Waals surface area contributed by atoms with Gasteiger partial charge in [-0.25, -0.2) is 0 Å². The minimum absolute atomic E-state index is 0.127. The zero-order valence-corrected chi connectivity index (χ0v) is 16.5. The fourth-order valence-corrected chi connectivity index (χ4v) is 5.45. The molecule has 2 heterocycles. The molecule has 0 aromatic heterocycles. The third kappa shape index (κ3) is 3.69. The average Bonchev–Trinajstić information content (AvgIpc) is 3.36. The topological polar surface area (TPSA) is 23.6 Å². The van der Waals surface area contributed by atoms with Crippen LogP contribution in [0.2, 0.25) is 0 Å². The summed E-state index contributed by atoms with van der Waals surface area (Å²) in [6.45, 7) is 9.79. The Morgan fingerprint density at radius 2 is 1.81 bits per heavy atom. The minimum Gasteiger partial charge on any atom is -0.342 e. The quantitative estimate of drug-likeness (QED) is 0.800. The van der Waals surface area contributed by atoms with E-state index >= 15 is 0 Å². The molecular formula is C23H34N2O. The van der Waals surface area contributed by atoms with E-state index in [9.17, 15) is 4.79 Å². The molecule has 2 saturated heterocycles. The first-order valence-corrected chi connectivity index (χ1v) is 10.7.